The number of carboxylic acid groups (broad SMARTS) is 1. The number of amides is 1. The molecule has 0 aromatic heterocycles. The predicted molar refractivity (Wildman–Crippen MR) is 88.8 cm³/mol. The second-order valence-corrected chi connectivity index (χ2v) is 5.54. The van der Waals surface area contributed by atoms with Gasteiger partial charge in [0.05, 0.1) is 21.3 Å². The Kier molecular flexibility index (Phi) is 7.88. The smallest absolute Gasteiger partial charge is 0.303 e. The first-order valence-electron chi connectivity index (χ1n) is 7.68. The highest BCUT2D eigenvalue weighted by Gasteiger charge is 2.14. The fraction of sp³-hybridized carbons (Fsp3) is 0.529. The van der Waals surface area contributed by atoms with E-state index in [9.17, 15) is 9.59 Å². The lowest BCUT2D eigenvalue weighted by atomic mass is 10.1. The van der Waals surface area contributed by atoms with E-state index < -0.39 is 5.97 Å². The van der Waals surface area contributed by atoms with Gasteiger partial charge in [-0.25, -0.2) is 0 Å². The summed E-state index contributed by atoms with van der Waals surface area (Å²) in [5, 5.41) is 11.4. The van der Waals surface area contributed by atoms with Crippen molar-refractivity contribution in [1.29, 1.82) is 0 Å². The van der Waals surface area contributed by atoms with Gasteiger partial charge in [-0.1, -0.05) is 6.92 Å². The van der Waals surface area contributed by atoms with E-state index in [1.54, 1.807) is 6.92 Å². The topological polar surface area (TPSA) is 94.1 Å². The van der Waals surface area contributed by atoms with Gasteiger partial charge in [-0.3, -0.25) is 9.59 Å². The number of benzene rings is 1. The van der Waals surface area contributed by atoms with Gasteiger partial charge in [-0.15, -0.1) is 0 Å². The lowest BCUT2D eigenvalue weighted by Gasteiger charge is -2.14. The number of hydrogen-bond donors (Lipinski definition) is 2. The summed E-state index contributed by atoms with van der Waals surface area (Å²) in [4.78, 5) is 22.5. The van der Waals surface area contributed by atoms with Gasteiger partial charge >= 0.3 is 5.97 Å². The molecule has 1 rings (SSSR count). The van der Waals surface area contributed by atoms with Crippen molar-refractivity contribution in [3.8, 4) is 17.2 Å². The Balaban J connectivity index is 2.60. The molecule has 0 radical (unpaired) electrons. The van der Waals surface area contributed by atoms with Gasteiger partial charge in [0.2, 0.25) is 11.7 Å². The number of aryl methyl sites for hydroxylation is 1. The Morgan fingerprint density at radius 1 is 1.12 bits per heavy atom. The maximum atomic E-state index is 11.9. The molecule has 134 valence electrons. The Labute approximate surface area is 141 Å². The quantitative estimate of drug-likeness (QED) is 0.676. The van der Waals surface area contributed by atoms with Crippen molar-refractivity contribution in [1.82, 2.24) is 5.32 Å². The molecule has 2 N–H and O–H groups in total. The molecule has 0 spiro atoms. The highest BCUT2D eigenvalue weighted by atomic mass is 16.5. The monoisotopic (exact) mass is 339 g/mol. The molecule has 0 saturated carbocycles. The van der Waals surface area contributed by atoms with E-state index in [1.807, 2.05) is 12.1 Å². The Bertz CT molecular complexity index is 547. The zero-order valence-corrected chi connectivity index (χ0v) is 14.5. The van der Waals surface area contributed by atoms with Gasteiger partial charge in [-0.05, 0) is 30.0 Å². The average molecular weight is 339 g/mol. The van der Waals surface area contributed by atoms with E-state index in [1.165, 1.54) is 21.3 Å². The van der Waals surface area contributed by atoms with Crippen molar-refractivity contribution in [2.24, 2.45) is 5.92 Å². The Hall–Kier alpha value is -2.44. The summed E-state index contributed by atoms with van der Waals surface area (Å²) in [6.45, 7) is 2.13. The highest BCUT2D eigenvalue weighted by molar-refractivity contribution is 5.76. The number of carbonyl (C=O) groups is 2. The van der Waals surface area contributed by atoms with Crippen LogP contribution in [0.3, 0.4) is 0 Å². The Morgan fingerprint density at radius 3 is 2.17 bits per heavy atom. The molecule has 1 unspecified atom stereocenters. The van der Waals surface area contributed by atoms with E-state index in [0.29, 0.717) is 36.6 Å². The van der Waals surface area contributed by atoms with Crippen LogP contribution in [0, 0.1) is 5.92 Å². The van der Waals surface area contributed by atoms with Crippen molar-refractivity contribution < 1.29 is 28.9 Å². The van der Waals surface area contributed by atoms with E-state index in [4.69, 9.17) is 19.3 Å². The third-order valence-electron chi connectivity index (χ3n) is 3.54. The second kappa shape index (κ2) is 9.64. The number of nitrogens with one attached hydrogen (secondary N) is 1. The van der Waals surface area contributed by atoms with E-state index in [-0.39, 0.29) is 18.2 Å². The lowest BCUT2D eigenvalue weighted by molar-refractivity contribution is -0.138. The van der Waals surface area contributed by atoms with Crippen molar-refractivity contribution >= 4 is 11.9 Å². The summed E-state index contributed by atoms with van der Waals surface area (Å²) < 4.78 is 15.8. The average Bonchev–Trinajstić information content (AvgIpc) is 2.56. The predicted octanol–water partition coefficient (Wildman–Crippen LogP) is 1.87. The number of ether oxygens (including phenoxy) is 3. The van der Waals surface area contributed by atoms with Gasteiger partial charge in [0, 0.05) is 19.4 Å². The minimum atomic E-state index is -0.867. The number of rotatable bonds is 10. The minimum Gasteiger partial charge on any atom is -0.493 e. The van der Waals surface area contributed by atoms with Crippen LogP contribution >= 0.6 is 0 Å². The van der Waals surface area contributed by atoms with Crippen LogP contribution in [0.5, 0.6) is 17.2 Å². The molecule has 1 amide bonds. The van der Waals surface area contributed by atoms with Gasteiger partial charge in [0.25, 0.3) is 0 Å². The summed E-state index contributed by atoms with van der Waals surface area (Å²) >= 11 is 0. The van der Waals surface area contributed by atoms with Crippen molar-refractivity contribution in [3.05, 3.63) is 17.7 Å². The summed E-state index contributed by atoms with van der Waals surface area (Å²) in [7, 11) is 4.61. The molecule has 7 heteroatoms. The fourth-order valence-electron chi connectivity index (χ4n) is 2.28. The third kappa shape index (κ3) is 5.98. The molecule has 0 fully saturated rings. The fourth-order valence-corrected chi connectivity index (χ4v) is 2.28. The molecule has 0 saturated heterocycles. The summed E-state index contributed by atoms with van der Waals surface area (Å²) in [6.07, 6.45) is 0.835. The molecule has 7 nitrogen and oxygen atoms in total. The summed E-state index contributed by atoms with van der Waals surface area (Å²) in [5.74, 6) is 0.503. The van der Waals surface area contributed by atoms with Crippen LogP contribution in [-0.2, 0) is 16.0 Å². The molecule has 1 aromatic carbocycles. The van der Waals surface area contributed by atoms with Crippen LogP contribution in [0.2, 0.25) is 0 Å². The number of carbonyl (C=O) groups excluding carboxylic acids is 1. The Morgan fingerprint density at radius 2 is 1.71 bits per heavy atom. The van der Waals surface area contributed by atoms with Crippen molar-refractivity contribution in [3.63, 3.8) is 0 Å². The standard InChI is InChI=1S/C17H25NO6/c1-11(7-16(20)21)10-18-15(19)6-5-12-8-13(22-2)17(24-4)14(9-12)23-3/h8-9,11H,5-7,10H2,1-4H3,(H,18,19)(H,20,21). The largest absolute Gasteiger partial charge is 0.493 e. The van der Waals surface area contributed by atoms with Crippen LogP contribution in [0.25, 0.3) is 0 Å². The number of carboxylic acids is 1. The zero-order valence-electron chi connectivity index (χ0n) is 14.5. The molecular formula is C17H25NO6. The molecule has 1 aromatic rings. The second-order valence-electron chi connectivity index (χ2n) is 5.54. The first-order valence-corrected chi connectivity index (χ1v) is 7.68. The van der Waals surface area contributed by atoms with Crippen LogP contribution in [0.1, 0.15) is 25.3 Å². The maximum Gasteiger partial charge on any atom is 0.303 e. The van der Waals surface area contributed by atoms with Crippen LogP contribution in [0.15, 0.2) is 12.1 Å². The normalized spacial score (nSPS) is 11.5. The third-order valence-corrected chi connectivity index (χ3v) is 3.54. The minimum absolute atomic E-state index is 0.0349. The number of methoxy groups -OCH3 is 3. The van der Waals surface area contributed by atoms with Gasteiger partial charge in [0.1, 0.15) is 0 Å². The first-order chi connectivity index (χ1) is 11.4. The van der Waals surface area contributed by atoms with Gasteiger partial charge in [-0.2, -0.15) is 0 Å². The van der Waals surface area contributed by atoms with Crippen molar-refractivity contribution in [2.45, 2.75) is 26.2 Å². The molecule has 0 heterocycles. The molecule has 1 atom stereocenters. The van der Waals surface area contributed by atoms with E-state index in [2.05, 4.69) is 5.32 Å². The van der Waals surface area contributed by atoms with Gasteiger partial charge in [0.15, 0.2) is 11.5 Å². The molecule has 0 aliphatic carbocycles. The maximum absolute atomic E-state index is 11.9. The van der Waals surface area contributed by atoms with E-state index >= 15 is 0 Å². The highest BCUT2D eigenvalue weighted by Crippen LogP contribution is 2.38. The van der Waals surface area contributed by atoms with Crippen LogP contribution in [-0.4, -0.2) is 44.9 Å². The number of hydrogen-bond acceptors (Lipinski definition) is 5. The SMILES string of the molecule is COc1cc(CCC(=O)NCC(C)CC(=O)O)cc(OC)c1OC. The van der Waals surface area contributed by atoms with Crippen LogP contribution in [0.4, 0.5) is 0 Å². The molecule has 24 heavy (non-hydrogen) atoms. The zero-order chi connectivity index (χ0) is 18.1. The molecule has 0 bridgehead atoms. The summed E-state index contributed by atoms with van der Waals surface area (Å²) in [6, 6.07) is 3.61. The number of aliphatic carboxylic acids is 1. The van der Waals surface area contributed by atoms with E-state index in [0.717, 1.165) is 5.56 Å². The van der Waals surface area contributed by atoms with Crippen molar-refractivity contribution in [2.75, 3.05) is 27.9 Å². The van der Waals surface area contributed by atoms with Gasteiger partial charge < -0.3 is 24.6 Å². The van der Waals surface area contributed by atoms with Crippen LogP contribution < -0.4 is 19.5 Å². The molecule has 0 aliphatic heterocycles. The molecular weight excluding hydrogens is 314 g/mol. The summed E-state index contributed by atoms with van der Waals surface area (Å²) in [5.41, 5.74) is 0.887. The first kappa shape index (κ1) is 19.6. The molecule has 0 aliphatic rings. The lowest BCUT2D eigenvalue weighted by Crippen LogP contribution is -2.29.